The lowest BCUT2D eigenvalue weighted by molar-refractivity contribution is 0.248. The van der Waals surface area contributed by atoms with Gasteiger partial charge < -0.3 is 14.6 Å². The van der Waals surface area contributed by atoms with Crippen molar-refractivity contribution in [3.05, 3.63) is 72.0 Å². The van der Waals surface area contributed by atoms with Crippen LogP contribution in [0.1, 0.15) is 17.5 Å². The van der Waals surface area contributed by atoms with E-state index in [4.69, 9.17) is 21.5 Å². The molecule has 0 radical (unpaired) electrons. The molecule has 1 fully saturated rings. The van der Waals surface area contributed by atoms with E-state index >= 15 is 0 Å². The normalized spacial score (nSPS) is 16.9. The van der Waals surface area contributed by atoms with Gasteiger partial charge in [0.2, 0.25) is 0 Å². The fourth-order valence-electron chi connectivity index (χ4n) is 3.07. The Bertz CT molecular complexity index is 1000. The van der Waals surface area contributed by atoms with Gasteiger partial charge in [-0.25, -0.2) is 14.6 Å². The molecule has 0 spiro atoms. The Balaban J connectivity index is 1.76. The van der Waals surface area contributed by atoms with Crippen molar-refractivity contribution in [3.63, 3.8) is 0 Å². The molecule has 2 amide bonds. The average Bonchev–Trinajstić information content (AvgIpc) is 3.14. The van der Waals surface area contributed by atoms with Crippen LogP contribution in [0.4, 0.5) is 16.3 Å². The van der Waals surface area contributed by atoms with Gasteiger partial charge in [-0.15, -0.1) is 0 Å². The molecule has 1 aliphatic heterocycles. The van der Waals surface area contributed by atoms with Gasteiger partial charge in [0, 0.05) is 6.07 Å². The molecule has 1 aliphatic rings. The lowest BCUT2D eigenvalue weighted by Crippen LogP contribution is -2.61. The van der Waals surface area contributed by atoms with Crippen LogP contribution in [-0.2, 0) is 0 Å². The summed E-state index contributed by atoms with van der Waals surface area (Å²) in [6.45, 7) is 1.78. The molecule has 3 aromatic rings. The molecule has 142 valence electrons. The number of benzene rings is 2. The lowest BCUT2D eigenvalue weighted by Gasteiger charge is -2.41. The maximum Gasteiger partial charge on any atom is 0.338 e. The first-order valence-corrected chi connectivity index (χ1v) is 9.05. The van der Waals surface area contributed by atoms with E-state index in [2.05, 4.69) is 10.5 Å². The van der Waals surface area contributed by atoms with Crippen LogP contribution in [0.25, 0.3) is 0 Å². The van der Waals surface area contributed by atoms with Crippen LogP contribution < -0.4 is 19.9 Å². The zero-order valence-electron chi connectivity index (χ0n) is 15.3. The smallest absolute Gasteiger partial charge is 0.338 e. The molecular formula is C20H18N4O3S. The molecule has 1 N–H and O–H groups in total. The SMILES string of the molecule is COc1ccc(N2C(=O)N(c3cc(C)on3)C(c3ccccc3)NC2=S)cc1. The fraction of sp³-hybridized carbons (Fsp3) is 0.150. The number of hydrogen-bond donors (Lipinski definition) is 1. The number of aromatic nitrogens is 1. The van der Waals surface area contributed by atoms with Gasteiger partial charge in [-0.1, -0.05) is 35.5 Å². The molecule has 1 saturated heterocycles. The zero-order valence-corrected chi connectivity index (χ0v) is 16.1. The molecule has 8 heteroatoms. The van der Waals surface area contributed by atoms with E-state index < -0.39 is 6.17 Å². The number of anilines is 2. The Hall–Kier alpha value is -3.39. The van der Waals surface area contributed by atoms with Crippen molar-refractivity contribution in [1.29, 1.82) is 0 Å². The summed E-state index contributed by atoms with van der Waals surface area (Å²) in [5.74, 6) is 1.71. The quantitative estimate of drug-likeness (QED) is 0.674. The van der Waals surface area contributed by atoms with Gasteiger partial charge in [0.1, 0.15) is 17.7 Å². The van der Waals surface area contributed by atoms with Crippen LogP contribution in [0.15, 0.2) is 65.2 Å². The molecule has 2 aromatic carbocycles. The summed E-state index contributed by atoms with van der Waals surface area (Å²) in [4.78, 5) is 16.5. The van der Waals surface area contributed by atoms with E-state index in [1.54, 1.807) is 44.4 Å². The van der Waals surface area contributed by atoms with Crippen molar-refractivity contribution in [3.8, 4) is 5.75 Å². The molecule has 4 rings (SSSR count). The number of rotatable bonds is 4. The molecular weight excluding hydrogens is 376 g/mol. The number of ether oxygens (including phenoxy) is 1. The van der Waals surface area contributed by atoms with E-state index in [9.17, 15) is 4.79 Å². The maximum atomic E-state index is 13.5. The van der Waals surface area contributed by atoms with E-state index in [-0.39, 0.29) is 6.03 Å². The van der Waals surface area contributed by atoms with Gasteiger partial charge in [-0.05, 0) is 49.0 Å². The number of hydrogen-bond acceptors (Lipinski definition) is 5. The third-order valence-corrected chi connectivity index (χ3v) is 4.73. The highest BCUT2D eigenvalue weighted by Crippen LogP contribution is 2.32. The zero-order chi connectivity index (χ0) is 19.7. The summed E-state index contributed by atoms with van der Waals surface area (Å²) < 4.78 is 10.4. The Morgan fingerprint density at radius 2 is 1.86 bits per heavy atom. The number of aryl methyl sites for hydroxylation is 1. The maximum absolute atomic E-state index is 13.5. The van der Waals surface area contributed by atoms with Crippen molar-refractivity contribution < 1.29 is 14.1 Å². The highest BCUT2D eigenvalue weighted by molar-refractivity contribution is 7.80. The largest absolute Gasteiger partial charge is 0.497 e. The minimum absolute atomic E-state index is 0.306. The minimum Gasteiger partial charge on any atom is -0.497 e. The first-order chi connectivity index (χ1) is 13.6. The molecule has 1 aromatic heterocycles. The number of nitrogens with one attached hydrogen (secondary N) is 1. The lowest BCUT2D eigenvalue weighted by atomic mass is 10.1. The van der Waals surface area contributed by atoms with Gasteiger partial charge in [-0.2, -0.15) is 0 Å². The monoisotopic (exact) mass is 394 g/mol. The van der Waals surface area contributed by atoms with Gasteiger partial charge >= 0.3 is 6.03 Å². The Morgan fingerprint density at radius 1 is 1.14 bits per heavy atom. The summed E-state index contributed by atoms with van der Waals surface area (Å²) >= 11 is 5.52. The summed E-state index contributed by atoms with van der Waals surface area (Å²) in [6.07, 6.45) is -0.500. The third-order valence-electron chi connectivity index (χ3n) is 4.43. The predicted molar refractivity (Wildman–Crippen MR) is 110 cm³/mol. The Kier molecular flexibility index (Phi) is 4.70. The number of carbonyl (C=O) groups excluding carboxylic acids is 1. The predicted octanol–water partition coefficient (Wildman–Crippen LogP) is 4.01. The molecule has 1 atom stereocenters. The molecule has 7 nitrogen and oxygen atoms in total. The van der Waals surface area contributed by atoms with Gasteiger partial charge in [0.25, 0.3) is 0 Å². The molecule has 28 heavy (non-hydrogen) atoms. The number of thiocarbonyl (C=S) groups is 1. The van der Waals surface area contributed by atoms with Crippen LogP contribution in [0.2, 0.25) is 0 Å². The van der Waals surface area contributed by atoms with E-state index in [1.807, 2.05) is 30.3 Å². The first kappa shape index (κ1) is 18.0. The number of methoxy groups -OCH3 is 1. The van der Waals surface area contributed by atoms with E-state index in [0.717, 1.165) is 5.56 Å². The van der Waals surface area contributed by atoms with Crippen molar-refractivity contribution in [2.24, 2.45) is 0 Å². The highest BCUT2D eigenvalue weighted by atomic mass is 32.1. The van der Waals surface area contributed by atoms with Crippen LogP contribution in [0.3, 0.4) is 0 Å². The molecule has 0 aliphatic carbocycles. The second-order valence-electron chi connectivity index (χ2n) is 6.24. The van der Waals surface area contributed by atoms with Crippen LogP contribution in [0.5, 0.6) is 5.75 Å². The first-order valence-electron chi connectivity index (χ1n) is 8.64. The third kappa shape index (κ3) is 3.18. The summed E-state index contributed by atoms with van der Waals surface area (Å²) in [5, 5.41) is 7.60. The molecule has 2 heterocycles. The fourth-order valence-corrected chi connectivity index (χ4v) is 3.37. The van der Waals surface area contributed by atoms with Crippen LogP contribution in [0, 0.1) is 6.92 Å². The average molecular weight is 394 g/mol. The van der Waals surface area contributed by atoms with Gasteiger partial charge in [0.15, 0.2) is 10.9 Å². The summed E-state index contributed by atoms with van der Waals surface area (Å²) in [5.41, 5.74) is 1.51. The highest BCUT2D eigenvalue weighted by Gasteiger charge is 2.40. The second kappa shape index (κ2) is 7.32. The van der Waals surface area contributed by atoms with Crippen molar-refractivity contribution >= 4 is 34.9 Å². The molecule has 0 saturated carbocycles. The summed E-state index contributed by atoms with van der Waals surface area (Å²) in [7, 11) is 1.59. The van der Waals surface area contributed by atoms with E-state index in [1.165, 1.54) is 9.80 Å². The van der Waals surface area contributed by atoms with Crippen molar-refractivity contribution in [2.75, 3.05) is 16.9 Å². The van der Waals surface area contributed by atoms with Gasteiger partial charge in [-0.3, -0.25) is 0 Å². The Labute approximate surface area is 167 Å². The second-order valence-corrected chi connectivity index (χ2v) is 6.63. The summed E-state index contributed by atoms with van der Waals surface area (Å²) in [6, 6.07) is 18.1. The number of amides is 2. The minimum atomic E-state index is -0.500. The topological polar surface area (TPSA) is 70.8 Å². The standard InChI is InChI=1S/C20H18N4O3S/c1-13-12-17(22-27-13)24-18(14-6-4-3-5-7-14)21-19(28)23(20(24)25)15-8-10-16(26-2)11-9-15/h3-12,18H,1-2H3,(H,21,28). The Morgan fingerprint density at radius 3 is 2.46 bits per heavy atom. The van der Waals surface area contributed by atoms with E-state index in [0.29, 0.717) is 28.1 Å². The molecule has 1 unspecified atom stereocenters. The number of urea groups is 1. The molecule has 0 bridgehead atoms. The van der Waals surface area contributed by atoms with Crippen molar-refractivity contribution in [1.82, 2.24) is 10.5 Å². The number of carbonyl (C=O) groups is 1. The van der Waals surface area contributed by atoms with Crippen LogP contribution >= 0.6 is 12.2 Å². The van der Waals surface area contributed by atoms with Gasteiger partial charge in [0.05, 0.1) is 12.8 Å². The number of nitrogens with zero attached hydrogens (tertiary/aromatic N) is 3. The van der Waals surface area contributed by atoms with Crippen molar-refractivity contribution in [2.45, 2.75) is 13.1 Å². The van der Waals surface area contributed by atoms with Crippen LogP contribution in [-0.4, -0.2) is 23.4 Å².